The number of hydrogen-bond donors (Lipinski definition) is 12. The second-order valence-corrected chi connectivity index (χ2v) is 36.0. The second kappa shape index (κ2) is 119. The van der Waals surface area contributed by atoms with Crippen molar-refractivity contribution in [1.29, 1.82) is 0 Å². The molecule has 0 aromatic carbocycles. The Bertz CT molecular complexity index is 2750. The fraction of sp³-hybridized carbons (Fsp3) is 0.882. The lowest BCUT2D eigenvalue weighted by Gasteiger charge is -2.34. The molecular weight excluding hydrogens is 1730 g/mol. The summed E-state index contributed by atoms with van der Waals surface area (Å²) in [5.41, 5.74) is 0.521. The van der Waals surface area contributed by atoms with Crippen molar-refractivity contribution in [2.24, 2.45) is 59.9 Å². The Morgan fingerprint density at radius 3 is 0.659 bits per heavy atom. The molecular formula is C102H240N36. The lowest BCUT2D eigenvalue weighted by Crippen LogP contribution is -2.45. The number of nitrogens with zero attached hydrogens (tertiary/aromatic N) is 24. The van der Waals surface area contributed by atoms with Gasteiger partial charge < -0.3 is 113 Å². The zero-order valence-electron chi connectivity index (χ0n) is 101. The molecule has 0 aliphatic rings. The van der Waals surface area contributed by atoms with E-state index < -0.39 is 0 Å². The van der Waals surface area contributed by atoms with E-state index in [4.69, 9.17) is 0 Å². The molecule has 0 saturated heterocycles. The smallest absolute Gasteiger partial charge is 0.0928 e. The number of nitrogens with one attached hydrogen (secondary N) is 12. The topological polar surface area (TPSA) is 332 Å². The number of aliphatic imine (C=N–C) groups is 12. The lowest BCUT2D eigenvalue weighted by molar-refractivity contribution is 0.148. The Balaban J connectivity index is -0.000000126. The predicted octanol–water partition coefficient (Wildman–Crippen LogP) is 9.24. The van der Waals surface area contributed by atoms with Crippen LogP contribution in [0.2, 0.25) is 0 Å². The van der Waals surface area contributed by atoms with Crippen molar-refractivity contribution in [1.82, 2.24) is 123 Å². The van der Waals surface area contributed by atoms with Gasteiger partial charge in [-0.2, -0.15) is 0 Å². The standard InChI is InChI=1S/C11H25N3.2C10H23N3.3C9H21N3.3C8H19N3.2C7H17N3.C6H15N3/c1-7-14(11(3,4)5)9-8-13-10(2)12-6;1-6-13(10(2,3)4)8-7-12-9-11-5;1-6-9(2)13(5)8-7-12-10(3)11-4;1-8(2)12(5)7-6-11-9(3)10-4;1-5-9(2)12(4)7-6-11-8-10-3;1-5-12(6-2)8-7-11-9(3)10-4;1-8(2)11(4)6-5-10-7-9-3;1-5-11(4)7-6-10-8(2)9-3;1-4-11(5-2)7-6-10-8-9-3;1-7(8-2)9-5-6-10(3)4;1-4-10(3)6-5-9-7-8-2;1-7-6-8-4-5-9(2)3/h7-9H2,1-6H3,(H,12,13);2*9H,6-8H2,1-5H3,(H,11,12);8H,6-7H2,1-5H3,(H,10,11);8-9H,5-7H2,1-4H3,(H,10,11);5-8H2,1-4H3,(H,10,11);7-8H,5-6H2,1-4H3,(H,9,10);5-7H2,1-4H3,(H,9,10);8H,4-7H2,1-3H3,(H,9,10);5-6H2,1-4H3,(H,8,9);7H,4-6H2,1-3H3,(H,8,9);6H,4-5H2,1-3H3,(H,7,8). The van der Waals surface area contributed by atoms with Gasteiger partial charge in [-0.15, -0.1) is 0 Å². The summed E-state index contributed by atoms with van der Waals surface area (Å²) in [5.74, 6) is 6.05. The molecule has 0 aromatic heterocycles. The van der Waals surface area contributed by atoms with E-state index in [1.165, 1.54) is 12.8 Å². The Kier molecular flexibility index (Phi) is 135. The van der Waals surface area contributed by atoms with Gasteiger partial charge in [0.1, 0.15) is 0 Å². The molecule has 0 saturated carbocycles. The Morgan fingerprint density at radius 2 is 0.428 bits per heavy atom. The highest BCUT2D eigenvalue weighted by Gasteiger charge is 2.20. The lowest BCUT2D eigenvalue weighted by atomic mass is 10.1. The van der Waals surface area contributed by atoms with Gasteiger partial charge in [0, 0.05) is 277 Å². The van der Waals surface area contributed by atoms with Crippen molar-refractivity contribution in [3.8, 4) is 0 Å². The van der Waals surface area contributed by atoms with Crippen molar-refractivity contribution in [2.75, 3.05) is 364 Å². The van der Waals surface area contributed by atoms with Crippen molar-refractivity contribution in [2.45, 2.75) is 242 Å². The summed E-state index contributed by atoms with van der Waals surface area (Å²) in [6.07, 6.45) is 12.8. The Hall–Kier alpha value is -6.84. The average Bonchev–Trinajstić information content (AvgIpc) is 0.911. The zero-order valence-corrected chi connectivity index (χ0v) is 101. The molecule has 12 N–H and O–H groups in total. The third-order valence-corrected chi connectivity index (χ3v) is 22.0. The van der Waals surface area contributed by atoms with Crippen LogP contribution >= 0.6 is 0 Å². The van der Waals surface area contributed by atoms with Gasteiger partial charge in [-0.3, -0.25) is 69.7 Å². The molecule has 138 heavy (non-hydrogen) atoms. The van der Waals surface area contributed by atoms with Crippen LogP contribution in [0.25, 0.3) is 0 Å². The first-order valence-corrected chi connectivity index (χ1v) is 51.4. The maximum atomic E-state index is 4.06. The molecule has 0 aromatic rings. The highest BCUT2D eigenvalue weighted by Crippen LogP contribution is 2.12. The van der Waals surface area contributed by atoms with Crippen LogP contribution in [-0.2, 0) is 0 Å². The minimum Gasteiger partial charge on any atom is -0.375 e. The van der Waals surface area contributed by atoms with E-state index in [2.05, 4.69) is 391 Å². The molecule has 828 valence electrons. The summed E-state index contributed by atoms with van der Waals surface area (Å²) >= 11 is 0. The van der Waals surface area contributed by atoms with Crippen molar-refractivity contribution in [3.05, 3.63) is 0 Å². The van der Waals surface area contributed by atoms with E-state index in [1.807, 2.05) is 62.7 Å². The summed E-state index contributed by atoms with van der Waals surface area (Å²) in [5, 5.41) is 37.9. The highest BCUT2D eigenvalue weighted by atomic mass is 15.2. The van der Waals surface area contributed by atoms with Crippen molar-refractivity contribution < 1.29 is 0 Å². The number of hydrogen-bond acceptors (Lipinski definition) is 24. The first-order valence-electron chi connectivity index (χ1n) is 51.4. The van der Waals surface area contributed by atoms with Crippen LogP contribution < -0.4 is 63.8 Å². The fourth-order valence-corrected chi connectivity index (χ4v) is 10.3. The molecule has 0 aliphatic carbocycles. The monoisotopic (exact) mass is 1970 g/mol. The zero-order chi connectivity index (χ0) is 109. The van der Waals surface area contributed by atoms with Gasteiger partial charge in [0.05, 0.1) is 73.0 Å². The largest absolute Gasteiger partial charge is 0.375 e. The Labute approximate surface area is 857 Å². The molecule has 0 radical (unpaired) electrons. The molecule has 36 nitrogen and oxygen atoms in total. The normalized spacial score (nSPS) is 12.6. The van der Waals surface area contributed by atoms with Gasteiger partial charge in [-0.1, -0.05) is 69.2 Å². The summed E-state index contributed by atoms with van der Waals surface area (Å²) < 4.78 is 0. The molecule has 0 heterocycles. The Morgan fingerprint density at radius 1 is 0.239 bits per heavy atom. The van der Waals surface area contributed by atoms with E-state index in [9.17, 15) is 0 Å². The van der Waals surface area contributed by atoms with Crippen LogP contribution in [0.15, 0.2) is 59.9 Å². The molecule has 36 heteroatoms. The van der Waals surface area contributed by atoms with E-state index in [1.54, 1.807) is 116 Å². The minimum atomic E-state index is 0.258. The molecule has 0 fully saturated rings. The van der Waals surface area contributed by atoms with E-state index >= 15 is 0 Å². The molecule has 2 unspecified atom stereocenters. The summed E-state index contributed by atoms with van der Waals surface area (Å²) in [6.45, 7) is 93.8. The second-order valence-electron chi connectivity index (χ2n) is 36.0. The van der Waals surface area contributed by atoms with Gasteiger partial charge in [-0.05, 0) is 260 Å². The van der Waals surface area contributed by atoms with E-state index in [0.29, 0.717) is 24.2 Å². The van der Waals surface area contributed by atoms with Gasteiger partial charge in [-0.25, -0.2) is 0 Å². The molecule has 0 rings (SSSR count). The van der Waals surface area contributed by atoms with Gasteiger partial charge in [0.2, 0.25) is 0 Å². The molecule has 0 amide bonds. The quantitative estimate of drug-likeness (QED) is 0.0153. The van der Waals surface area contributed by atoms with Crippen LogP contribution in [0.1, 0.15) is 207 Å². The fourth-order valence-electron chi connectivity index (χ4n) is 10.3. The summed E-state index contributed by atoms with van der Waals surface area (Å²) in [6, 6.07) is 2.58. The molecule has 2 atom stereocenters. The van der Waals surface area contributed by atoms with E-state index in [-0.39, 0.29) is 11.1 Å². The first kappa shape index (κ1) is 156. The summed E-state index contributed by atoms with van der Waals surface area (Å²) in [7, 11) is 42.4. The van der Waals surface area contributed by atoms with Crippen LogP contribution in [0.4, 0.5) is 0 Å². The maximum absolute atomic E-state index is 4.06. The third-order valence-electron chi connectivity index (χ3n) is 22.0. The maximum Gasteiger partial charge on any atom is 0.0928 e. The first-order chi connectivity index (χ1) is 65.0. The highest BCUT2D eigenvalue weighted by molar-refractivity contribution is 5.81. The number of likely N-dealkylation sites (N-methyl/N-ethyl adjacent to an activating group) is 12. The van der Waals surface area contributed by atoms with Crippen LogP contribution in [0, 0.1) is 0 Å². The number of amidine groups is 6. The van der Waals surface area contributed by atoms with Gasteiger partial charge in [0.15, 0.2) is 0 Å². The van der Waals surface area contributed by atoms with Crippen LogP contribution in [0.3, 0.4) is 0 Å². The van der Waals surface area contributed by atoms with E-state index in [0.717, 1.165) is 244 Å². The molecule has 0 bridgehead atoms. The van der Waals surface area contributed by atoms with Crippen molar-refractivity contribution >= 4 is 73.0 Å². The predicted molar refractivity (Wildman–Crippen MR) is 630 cm³/mol. The average molecular weight is 1970 g/mol. The molecule has 0 spiro atoms. The van der Waals surface area contributed by atoms with Gasteiger partial charge in [0.25, 0.3) is 0 Å². The van der Waals surface area contributed by atoms with Crippen LogP contribution in [0.5, 0.6) is 0 Å². The van der Waals surface area contributed by atoms with Crippen molar-refractivity contribution in [3.63, 3.8) is 0 Å². The van der Waals surface area contributed by atoms with Gasteiger partial charge >= 0.3 is 0 Å². The molecule has 0 aliphatic heterocycles. The third kappa shape index (κ3) is 135. The summed E-state index contributed by atoms with van der Waals surface area (Å²) in [4.78, 5) is 74.7. The SMILES string of the molecule is CCC(C)N(C)CCNC(C)=NC.CCC(C)N(C)CCNC=NC.CCN(C)CCNC(C)=NC.CCN(C)CCNC=NC.CCN(CC)CCNC(C)=NC.CCN(CC)CCNC=NC.CCN(CCNC(C)=NC)C(C)(C)C.CCN(CCNC=NC)C(C)(C)C.CN=C(C)NCCN(C)C.CN=C(C)NCCN(C)C(C)C.CN=CNCCN(C)C.CN=CNCCN(C)C(C)C. The minimum absolute atomic E-state index is 0.258. The number of rotatable bonds is 56. The van der Waals surface area contributed by atoms with Crippen LogP contribution in [-0.4, -0.2) is 532 Å².